The molecule has 0 aliphatic carbocycles. The molecular weight excluding hydrogens is 469 g/mol. The zero-order valence-electron chi connectivity index (χ0n) is 15.5. The zero-order valence-corrected chi connectivity index (χ0v) is 17.9. The highest BCUT2D eigenvalue weighted by Gasteiger charge is 2.15. The number of hydrogen-bond donors (Lipinski definition) is 1. The van der Waals surface area contributed by atoms with Gasteiger partial charge in [-0.2, -0.15) is 0 Å². The highest BCUT2D eigenvalue weighted by molar-refractivity contribution is 9.10. The molecule has 1 heterocycles. The minimum atomic E-state index is -0.508. The monoisotopic (exact) mass is 483 g/mol. The van der Waals surface area contributed by atoms with Crippen molar-refractivity contribution in [1.29, 1.82) is 0 Å². The molecule has 0 unspecified atom stereocenters. The van der Waals surface area contributed by atoms with Gasteiger partial charge >= 0.3 is 0 Å². The number of nitrogens with zero attached hydrogens (tertiary/aromatic N) is 2. The van der Waals surface area contributed by atoms with Crippen molar-refractivity contribution in [2.45, 2.75) is 5.16 Å². The lowest BCUT2D eigenvalue weighted by molar-refractivity contribution is -0.113. The number of halogens is 2. The molecule has 4 rings (SSSR count). The first-order chi connectivity index (χ1) is 14.5. The smallest absolute Gasteiger partial charge is 0.266 e. The summed E-state index contributed by atoms with van der Waals surface area (Å²) in [7, 11) is 0. The molecule has 0 saturated heterocycles. The number of hydrogen-bond acceptors (Lipinski definition) is 4. The van der Waals surface area contributed by atoms with E-state index >= 15 is 0 Å². The topological polar surface area (TPSA) is 64.0 Å². The normalized spacial score (nSPS) is 10.9. The molecule has 8 heteroatoms. The molecule has 0 spiro atoms. The van der Waals surface area contributed by atoms with Crippen molar-refractivity contribution in [3.8, 4) is 5.69 Å². The van der Waals surface area contributed by atoms with Crippen LogP contribution in [0.15, 0.2) is 87.2 Å². The molecule has 1 amide bonds. The molecule has 0 saturated carbocycles. The van der Waals surface area contributed by atoms with E-state index in [2.05, 4.69) is 26.2 Å². The molecule has 1 N–H and O–H groups in total. The minimum Gasteiger partial charge on any atom is -0.323 e. The van der Waals surface area contributed by atoms with Crippen molar-refractivity contribution in [2.24, 2.45) is 0 Å². The van der Waals surface area contributed by atoms with Crippen molar-refractivity contribution >= 4 is 50.2 Å². The summed E-state index contributed by atoms with van der Waals surface area (Å²) in [5, 5.41) is 3.41. The second-order valence-corrected chi connectivity index (χ2v) is 8.20. The van der Waals surface area contributed by atoms with E-state index in [9.17, 15) is 14.0 Å². The van der Waals surface area contributed by atoms with Crippen molar-refractivity contribution < 1.29 is 9.18 Å². The van der Waals surface area contributed by atoms with Crippen LogP contribution in [0.2, 0.25) is 0 Å². The number of nitrogens with one attached hydrogen (secondary N) is 1. The van der Waals surface area contributed by atoms with Gasteiger partial charge in [-0.15, -0.1) is 0 Å². The van der Waals surface area contributed by atoms with Crippen LogP contribution in [0.25, 0.3) is 16.6 Å². The molecule has 0 fully saturated rings. The first-order valence-corrected chi connectivity index (χ1v) is 10.8. The van der Waals surface area contributed by atoms with Gasteiger partial charge in [-0.05, 0) is 48.5 Å². The summed E-state index contributed by atoms with van der Waals surface area (Å²) in [6.07, 6.45) is 0. The Kier molecular flexibility index (Phi) is 5.96. The number of rotatable bonds is 5. The van der Waals surface area contributed by atoms with Crippen LogP contribution in [0.4, 0.5) is 10.1 Å². The Morgan fingerprint density at radius 3 is 2.50 bits per heavy atom. The molecule has 0 atom stereocenters. The molecule has 5 nitrogen and oxygen atoms in total. The number of fused-ring (bicyclic) bond motifs is 1. The van der Waals surface area contributed by atoms with Gasteiger partial charge in [0, 0.05) is 4.47 Å². The van der Waals surface area contributed by atoms with Crippen LogP contribution in [-0.2, 0) is 4.79 Å². The maximum Gasteiger partial charge on any atom is 0.266 e. The Labute approximate surface area is 184 Å². The third-order valence-corrected chi connectivity index (χ3v) is 5.78. The lowest BCUT2D eigenvalue weighted by Crippen LogP contribution is -2.23. The lowest BCUT2D eigenvalue weighted by Gasteiger charge is -2.13. The van der Waals surface area contributed by atoms with E-state index in [4.69, 9.17) is 0 Å². The van der Waals surface area contributed by atoms with E-state index in [-0.39, 0.29) is 17.0 Å². The van der Waals surface area contributed by atoms with Crippen molar-refractivity contribution in [2.75, 3.05) is 11.1 Å². The maximum absolute atomic E-state index is 13.8. The van der Waals surface area contributed by atoms with Gasteiger partial charge < -0.3 is 5.32 Å². The predicted octanol–water partition coefficient (Wildman–Crippen LogP) is 5.02. The van der Waals surface area contributed by atoms with Gasteiger partial charge in [-0.3, -0.25) is 14.2 Å². The first kappa shape index (κ1) is 20.3. The number of anilines is 1. The Balaban J connectivity index is 1.68. The van der Waals surface area contributed by atoms with Crippen LogP contribution in [-0.4, -0.2) is 21.2 Å². The van der Waals surface area contributed by atoms with Crippen LogP contribution in [0, 0.1) is 5.82 Å². The minimum absolute atomic E-state index is 0.0321. The average Bonchev–Trinajstić information content (AvgIpc) is 2.75. The number of para-hydroxylation sites is 2. The van der Waals surface area contributed by atoms with Crippen LogP contribution >= 0.6 is 27.7 Å². The first-order valence-electron chi connectivity index (χ1n) is 8.98. The third kappa shape index (κ3) is 4.29. The van der Waals surface area contributed by atoms with Crippen LogP contribution in [0.5, 0.6) is 0 Å². The maximum atomic E-state index is 13.8. The molecule has 150 valence electrons. The number of amides is 1. The number of carbonyl (C=O) groups is 1. The molecule has 0 aliphatic rings. The van der Waals surface area contributed by atoms with Crippen molar-refractivity contribution in [1.82, 2.24) is 9.55 Å². The van der Waals surface area contributed by atoms with Crippen LogP contribution in [0.1, 0.15) is 0 Å². The summed E-state index contributed by atoms with van der Waals surface area (Å²) >= 11 is 4.50. The fourth-order valence-corrected chi connectivity index (χ4v) is 3.98. The van der Waals surface area contributed by atoms with Gasteiger partial charge in [0.2, 0.25) is 5.91 Å². The van der Waals surface area contributed by atoms with E-state index < -0.39 is 11.7 Å². The Morgan fingerprint density at radius 1 is 1.03 bits per heavy atom. The fraction of sp³-hybridized carbons (Fsp3) is 0.0455. The van der Waals surface area contributed by atoms with Crippen molar-refractivity contribution in [3.05, 3.63) is 93.4 Å². The van der Waals surface area contributed by atoms with E-state index in [1.54, 1.807) is 48.5 Å². The van der Waals surface area contributed by atoms with E-state index in [1.807, 2.05) is 12.1 Å². The molecular formula is C22H15BrFN3O2S. The average molecular weight is 484 g/mol. The lowest BCUT2D eigenvalue weighted by atomic mass is 10.2. The molecule has 0 aliphatic heterocycles. The second kappa shape index (κ2) is 8.81. The zero-order chi connectivity index (χ0) is 21.1. The van der Waals surface area contributed by atoms with Crippen molar-refractivity contribution in [3.63, 3.8) is 0 Å². The quantitative estimate of drug-likeness (QED) is 0.319. The van der Waals surface area contributed by atoms with E-state index in [1.165, 1.54) is 16.7 Å². The van der Waals surface area contributed by atoms with Gasteiger partial charge in [0.1, 0.15) is 5.82 Å². The van der Waals surface area contributed by atoms with Gasteiger partial charge in [-0.1, -0.05) is 52.0 Å². The van der Waals surface area contributed by atoms with Gasteiger partial charge in [0.05, 0.1) is 28.0 Å². The molecule has 0 bridgehead atoms. The molecule has 1 aromatic heterocycles. The summed E-state index contributed by atoms with van der Waals surface area (Å²) in [6, 6.07) is 20.3. The largest absolute Gasteiger partial charge is 0.323 e. The summed E-state index contributed by atoms with van der Waals surface area (Å²) in [5.41, 5.74) is 1.08. The van der Waals surface area contributed by atoms with E-state index in [0.29, 0.717) is 21.7 Å². The van der Waals surface area contributed by atoms with Crippen LogP contribution < -0.4 is 10.9 Å². The standard InChI is InChI=1S/C22H15BrFN3O2S/c23-14-9-11-15(12-10-14)27-21(29)16-5-1-3-7-18(16)26-22(27)30-13-20(28)25-19-8-4-2-6-17(19)24/h1-12H,13H2,(H,25,28). The SMILES string of the molecule is O=C(CSc1nc2ccccc2c(=O)n1-c1ccc(Br)cc1)Nc1ccccc1F. The Bertz CT molecular complexity index is 1290. The second-order valence-electron chi connectivity index (χ2n) is 6.35. The molecule has 4 aromatic rings. The predicted molar refractivity (Wildman–Crippen MR) is 121 cm³/mol. The fourth-order valence-electron chi connectivity index (χ4n) is 2.91. The molecule has 3 aromatic carbocycles. The van der Waals surface area contributed by atoms with Gasteiger partial charge in [-0.25, -0.2) is 9.37 Å². The number of benzene rings is 3. The Morgan fingerprint density at radius 2 is 1.73 bits per heavy atom. The van der Waals surface area contributed by atoms with Gasteiger partial charge in [0.25, 0.3) is 5.56 Å². The summed E-state index contributed by atoms with van der Waals surface area (Å²) in [6.45, 7) is 0. The third-order valence-electron chi connectivity index (χ3n) is 4.31. The van der Waals surface area contributed by atoms with Crippen LogP contribution in [0.3, 0.4) is 0 Å². The van der Waals surface area contributed by atoms with E-state index in [0.717, 1.165) is 16.2 Å². The molecule has 0 radical (unpaired) electrons. The summed E-state index contributed by atoms with van der Waals surface area (Å²) < 4.78 is 16.1. The highest BCUT2D eigenvalue weighted by Crippen LogP contribution is 2.23. The summed E-state index contributed by atoms with van der Waals surface area (Å²) in [5.74, 6) is -0.934. The number of carbonyl (C=O) groups excluding carboxylic acids is 1. The van der Waals surface area contributed by atoms with Gasteiger partial charge in [0.15, 0.2) is 5.16 Å². The highest BCUT2D eigenvalue weighted by atomic mass is 79.9. The summed E-state index contributed by atoms with van der Waals surface area (Å²) in [4.78, 5) is 30.1. The Hall–Kier alpha value is -2.97. The number of aromatic nitrogens is 2. The number of thioether (sulfide) groups is 1. The molecule has 30 heavy (non-hydrogen) atoms.